The molecular weight excluding hydrogens is 564 g/mol. The van der Waals surface area contributed by atoms with E-state index in [2.05, 4.69) is 146 Å². The molecule has 1 aromatic heterocycles. The van der Waals surface area contributed by atoms with Crippen LogP contribution >= 0.6 is 0 Å². The van der Waals surface area contributed by atoms with Crippen LogP contribution in [0.4, 0.5) is 5.69 Å². The molecule has 0 atom stereocenters. The second-order valence-corrected chi connectivity index (χ2v) is 12.6. The fourth-order valence-electron chi connectivity index (χ4n) is 7.09. The van der Waals surface area contributed by atoms with Crippen molar-refractivity contribution in [2.24, 2.45) is 0 Å². The number of nitrogens with zero attached hydrogens (tertiary/aromatic N) is 5. The maximum atomic E-state index is 5.04. The first-order valence-electron chi connectivity index (χ1n) is 17.1. The summed E-state index contributed by atoms with van der Waals surface area (Å²) < 4.78 is 2.07. The Hall–Kier alpha value is -4.23. The molecule has 2 fully saturated rings. The van der Waals surface area contributed by atoms with Gasteiger partial charge in [0.25, 0.3) is 0 Å². The molecule has 0 radical (unpaired) electrons. The Labute approximate surface area is 274 Å². The predicted octanol–water partition coefficient (Wildman–Crippen LogP) is 7.03. The predicted molar refractivity (Wildman–Crippen MR) is 190 cm³/mol. The minimum absolute atomic E-state index is 0.306. The quantitative estimate of drug-likeness (QED) is 0.163. The van der Waals surface area contributed by atoms with Gasteiger partial charge in [0.2, 0.25) is 0 Å². The van der Waals surface area contributed by atoms with Crippen molar-refractivity contribution in [1.29, 1.82) is 0 Å². The number of hydrogen-bond donors (Lipinski definition) is 1. The van der Waals surface area contributed by atoms with E-state index in [-0.39, 0.29) is 0 Å². The summed E-state index contributed by atoms with van der Waals surface area (Å²) in [5, 5.41) is 8.71. The summed E-state index contributed by atoms with van der Waals surface area (Å²) in [5.74, 6) is 0. The van der Waals surface area contributed by atoms with Crippen molar-refractivity contribution in [1.82, 2.24) is 24.9 Å². The summed E-state index contributed by atoms with van der Waals surface area (Å²) >= 11 is 0. The number of rotatable bonds is 11. The number of aromatic nitrogens is 2. The molecular formula is C40H46N6. The smallest absolute Gasteiger partial charge is 0.0766 e. The van der Waals surface area contributed by atoms with E-state index in [0.717, 1.165) is 70.3 Å². The van der Waals surface area contributed by atoms with Crippen LogP contribution in [0.5, 0.6) is 0 Å². The molecule has 0 bridgehead atoms. The SMILES string of the molecule is c1ccc(-c2ccc(N3CCCCC3)cc2-n2ccc(CNCCN3CCN(C(c4ccccc4)c4ccccc4)CC3)n2)cc1. The minimum atomic E-state index is 0.306. The standard InChI is InChI=1S/C40H46N6/c1-5-13-33(14-6-1)38-20-19-37(44-23-11-4-12-24-44)31-39(38)46-25-21-36(42-46)32-41-22-26-43-27-29-45(30-28-43)40(34-15-7-2-8-16-34)35-17-9-3-10-18-35/h1-3,5-10,13-21,25,31,40-41H,4,11-12,22-24,26-30,32H2. The van der Waals surface area contributed by atoms with Crippen LogP contribution in [0, 0.1) is 0 Å². The fourth-order valence-corrected chi connectivity index (χ4v) is 7.09. The Morgan fingerprint density at radius 1 is 0.652 bits per heavy atom. The summed E-state index contributed by atoms with van der Waals surface area (Å²) in [4.78, 5) is 7.76. The van der Waals surface area contributed by atoms with Crippen molar-refractivity contribution < 1.29 is 0 Å². The molecule has 2 aliphatic rings. The Bertz CT molecular complexity index is 1600. The number of piperazine rings is 1. The third-order valence-corrected chi connectivity index (χ3v) is 9.59. The van der Waals surface area contributed by atoms with Gasteiger partial charge < -0.3 is 10.2 Å². The lowest BCUT2D eigenvalue weighted by molar-refractivity contribution is 0.110. The van der Waals surface area contributed by atoms with Crippen LogP contribution in [0.3, 0.4) is 0 Å². The molecule has 5 aromatic rings. The normalized spacial score (nSPS) is 16.2. The van der Waals surface area contributed by atoms with Gasteiger partial charge in [0.1, 0.15) is 0 Å². The summed E-state index contributed by atoms with van der Waals surface area (Å²) in [7, 11) is 0. The Kier molecular flexibility index (Phi) is 9.86. The summed E-state index contributed by atoms with van der Waals surface area (Å²) in [6.45, 7) is 9.34. The van der Waals surface area contributed by atoms with Crippen LogP contribution in [-0.2, 0) is 6.54 Å². The van der Waals surface area contributed by atoms with Crippen molar-refractivity contribution in [2.45, 2.75) is 31.8 Å². The van der Waals surface area contributed by atoms with Crippen LogP contribution in [-0.4, -0.2) is 71.9 Å². The van der Waals surface area contributed by atoms with E-state index in [4.69, 9.17) is 5.10 Å². The first-order valence-corrected chi connectivity index (χ1v) is 17.1. The molecule has 6 heteroatoms. The fraction of sp³-hybridized carbons (Fsp3) is 0.325. The maximum Gasteiger partial charge on any atom is 0.0766 e. The Balaban J connectivity index is 0.951. The number of benzene rings is 4. The van der Waals surface area contributed by atoms with Gasteiger partial charge in [0, 0.05) is 76.4 Å². The molecule has 0 amide bonds. The lowest BCUT2D eigenvalue weighted by atomic mass is 9.96. The molecule has 2 saturated heterocycles. The van der Waals surface area contributed by atoms with Gasteiger partial charge >= 0.3 is 0 Å². The first-order chi connectivity index (χ1) is 22.8. The lowest BCUT2D eigenvalue weighted by Crippen LogP contribution is -2.49. The molecule has 4 aromatic carbocycles. The Morgan fingerprint density at radius 3 is 1.98 bits per heavy atom. The van der Waals surface area contributed by atoms with Crippen LogP contribution in [0.15, 0.2) is 121 Å². The van der Waals surface area contributed by atoms with Gasteiger partial charge in [-0.15, -0.1) is 0 Å². The molecule has 0 spiro atoms. The van der Waals surface area contributed by atoms with Crippen LogP contribution in [0.25, 0.3) is 16.8 Å². The van der Waals surface area contributed by atoms with E-state index in [1.807, 2.05) is 0 Å². The highest BCUT2D eigenvalue weighted by molar-refractivity contribution is 5.76. The van der Waals surface area contributed by atoms with Gasteiger partial charge in [0.15, 0.2) is 0 Å². The number of hydrogen-bond acceptors (Lipinski definition) is 5. The highest BCUT2D eigenvalue weighted by atomic mass is 15.3. The topological polar surface area (TPSA) is 39.6 Å². The molecule has 0 aliphatic carbocycles. The van der Waals surface area contributed by atoms with Gasteiger partial charge in [-0.1, -0.05) is 97.1 Å². The van der Waals surface area contributed by atoms with Gasteiger partial charge in [-0.2, -0.15) is 5.10 Å². The van der Waals surface area contributed by atoms with Crippen LogP contribution in [0.2, 0.25) is 0 Å². The van der Waals surface area contributed by atoms with E-state index in [1.165, 1.54) is 47.2 Å². The van der Waals surface area contributed by atoms with Crippen molar-refractivity contribution >= 4 is 5.69 Å². The Morgan fingerprint density at radius 2 is 1.30 bits per heavy atom. The zero-order valence-electron chi connectivity index (χ0n) is 26.8. The molecule has 0 saturated carbocycles. The summed E-state index contributed by atoms with van der Waals surface area (Å²) in [6.07, 6.45) is 5.99. The maximum absolute atomic E-state index is 5.04. The number of anilines is 1. The van der Waals surface area contributed by atoms with Gasteiger partial charge in [0.05, 0.1) is 17.4 Å². The largest absolute Gasteiger partial charge is 0.371 e. The van der Waals surface area contributed by atoms with Crippen molar-refractivity contribution in [2.75, 3.05) is 57.3 Å². The summed E-state index contributed by atoms with van der Waals surface area (Å²) in [5.41, 5.74) is 8.68. The van der Waals surface area contributed by atoms with Gasteiger partial charge in [-0.25, -0.2) is 4.68 Å². The zero-order valence-corrected chi connectivity index (χ0v) is 26.8. The lowest BCUT2D eigenvalue weighted by Gasteiger charge is -2.39. The van der Waals surface area contributed by atoms with Crippen molar-refractivity contribution in [3.05, 3.63) is 138 Å². The third kappa shape index (κ3) is 7.26. The number of piperidine rings is 1. The molecule has 1 N–H and O–H groups in total. The molecule has 6 nitrogen and oxygen atoms in total. The van der Waals surface area contributed by atoms with Crippen molar-refractivity contribution in [3.63, 3.8) is 0 Å². The average molecular weight is 611 g/mol. The van der Waals surface area contributed by atoms with Crippen LogP contribution in [0.1, 0.15) is 42.1 Å². The van der Waals surface area contributed by atoms with Crippen LogP contribution < -0.4 is 10.2 Å². The van der Waals surface area contributed by atoms with E-state index in [0.29, 0.717) is 6.04 Å². The zero-order chi connectivity index (χ0) is 31.0. The molecule has 3 heterocycles. The van der Waals surface area contributed by atoms with E-state index in [1.54, 1.807) is 0 Å². The highest BCUT2D eigenvalue weighted by Crippen LogP contribution is 2.32. The summed E-state index contributed by atoms with van der Waals surface area (Å²) in [6, 6.07) is 41.9. The number of nitrogens with one attached hydrogen (secondary N) is 1. The van der Waals surface area contributed by atoms with E-state index in [9.17, 15) is 0 Å². The van der Waals surface area contributed by atoms with Gasteiger partial charge in [-0.05, 0) is 54.2 Å². The minimum Gasteiger partial charge on any atom is -0.371 e. The average Bonchev–Trinajstić information content (AvgIpc) is 3.61. The van der Waals surface area contributed by atoms with E-state index >= 15 is 0 Å². The first kappa shape index (κ1) is 30.4. The molecule has 7 rings (SSSR count). The second-order valence-electron chi connectivity index (χ2n) is 12.6. The second kappa shape index (κ2) is 14.9. The monoisotopic (exact) mass is 610 g/mol. The molecule has 236 valence electrons. The molecule has 46 heavy (non-hydrogen) atoms. The van der Waals surface area contributed by atoms with E-state index < -0.39 is 0 Å². The molecule has 2 aliphatic heterocycles. The molecule has 0 unspecified atom stereocenters. The highest BCUT2D eigenvalue weighted by Gasteiger charge is 2.26. The van der Waals surface area contributed by atoms with Crippen molar-refractivity contribution in [3.8, 4) is 16.8 Å². The van der Waals surface area contributed by atoms with Gasteiger partial charge in [-0.3, -0.25) is 9.80 Å². The third-order valence-electron chi connectivity index (χ3n) is 9.59.